The first kappa shape index (κ1) is 25.2. The number of benzene rings is 1. The van der Waals surface area contributed by atoms with Crippen molar-refractivity contribution in [2.24, 2.45) is 9.98 Å². The molecule has 2 unspecified atom stereocenters. The van der Waals surface area contributed by atoms with Crippen molar-refractivity contribution in [1.29, 1.82) is 0 Å². The quantitative estimate of drug-likeness (QED) is 0.340. The second-order valence-electron chi connectivity index (χ2n) is 8.03. The third-order valence-corrected chi connectivity index (χ3v) is 5.99. The highest BCUT2D eigenvalue weighted by atomic mass is 32.2. The molecule has 2 fully saturated rings. The molecule has 2 aliphatic heterocycles. The molecule has 2 aliphatic rings. The Balaban J connectivity index is 1.51. The molecule has 2 bridgehead atoms. The average Bonchev–Trinajstić information content (AvgIpc) is 2.77. The van der Waals surface area contributed by atoms with Crippen LogP contribution < -0.4 is 5.32 Å². The Morgan fingerprint density at radius 1 is 1.36 bits per heavy atom. The summed E-state index contributed by atoms with van der Waals surface area (Å²) in [6.45, 7) is 3.57. The number of anilines is 1. The van der Waals surface area contributed by atoms with E-state index in [-0.39, 0.29) is 48.8 Å². The zero-order valence-corrected chi connectivity index (χ0v) is 19.8. The predicted molar refractivity (Wildman–Crippen MR) is 125 cm³/mol. The van der Waals surface area contributed by atoms with E-state index in [9.17, 15) is 13.6 Å². The molecule has 0 spiro atoms. The molecule has 0 aliphatic carbocycles. The second-order valence-corrected chi connectivity index (χ2v) is 8.91. The monoisotopic (exact) mass is 484 g/mol. The lowest BCUT2D eigenvalue weighted by molar-refractivity contribution is -0.0951. The van der Waals surface area contributed by atoms with Gasteiger partial charge in [0.15, 0.2) is 6.67 Å². The number of fused-ring (bicyclic) bond motifs is 2. The van der Waals surface area contributed by atoms with Crippen molar-refractivity contribution < 1.29 is 27.8 Å². The molecule has 0 aromatic heterocycles. The van der Waals surface area contributed by atoms with E-state index in [0.29, 0.717) is 31.7 Å². The van der Waals surface area contributed by atoms with Crippen LogP contribution in [-0.4, -0.2) is 80.3 Å². The number of hydrogen-bond acceptors (Lipinski definition) is 7. The fourth-order valence-corrected chi connectivity index (χ4v) is 4.28. The Morgan fingerprint density at radius 2 is 2.09 bits per heavy atom. The molecule has 2 heterocycles. The fraction of sp³-hybridized carbons (Fsp3) is 0.591. The molecule has 0 saturated carbocycles. The molecule has 33 heavy (non-hydrogen) atoms. The summed E-state index contributed by atoms with van der Waals surface area (Å²) in [4.78, 5) is 23.0. The summed E-state index contributed by atoms with van der Waals surface area (Å²) in [6, 6.07) is 4.50. The molecule has 8 nitrogen and oxygen atoms in total. The number of morpholine rings is 1. The Bertz CT molecular complexity index is 857. The molecule has 3 rings (SSSR count). The van der Waals surface area contributed by atoms with Gasteiger partial charge in [-0.25, -0.2) is 18.6 Å². The summed E-state index contributed by atoms with van der Waals surface area (Å²) in [5.74, 6) is -0.456. The van der Waals surface area contributed by atoms with Crippen LogP contribution in [0.5, 0.6) is 0 Å². The first-order chi connectivity index (χ1) is 15.9. The maximum absolute atomic E-state index is 14.0. The van der Waals surface area contributed by atoms with Crippen LogP contribution in [0.2, 0.25) is 0 Å². The molecule has 1 aromatic carbocycles. The number of carbonyl (C=O) groups is 1. The van der Waals surface area contributed by atoms with Crippen molar-refractivity contribution in [1.82, 2.24) is 4.90 Å². The zero-order chi connectivity index (χ0) is 23.8. The molecule has 182 valence electrons. The van der Waals surface area contributed by atoms with Gasteiger partial charge in [-0.15, -0.1) is 11.8 Å². The van der Waals surface area contributed by atoms with Gasteiger partial charge in [-0.2, -0.15) is 0 Å². The lowest BCUT2D eigenvalue weighted by atomic mass is 9.92. The number of alkyl halides is 1. The van der Waals surface area contributed by atoms with Gasteiger partial charge < -0.3 is 19.5 Å². The number of ether oxygens (including phenoxy) is 3. The number of carbonyl (C=O) groups excluding carboxylic acids is 1. The van der Waals surface area contributed by atoms with E-state index in [4.69, 9.17) is 14.2 Å². The first-order valence-corrected chi connectivity index (χ1v) is 12.1. The molecule has 1 aromatic rings. The van der Waals surface area contributed by atoms with Gasteiger partial charge in [-0.05, 0) is 38.3 Å². The van der Waals surface area contributed by atoms with Crippen molar-refractivity contribution in [3.63, 3.8) is 0 Å². The summed E-state index contributed by atoms with van der Waals surface area (Å²) >= 11 is 1.46. The van der Waals surface area contributed by atoms with E-state index in [0.717, 1.165) is 4.90 Å². The third-order valence-electron chi connectivity index (χ3n) is 5.26. The smallest absolute Gasteiger partial charge is 0.410 e. The summed E-state index contributed by atoms with van der Waals surface area (Å²) in [5.41, 5.74) is 0.326. The molecule has 1 amide bonds. The predicted octanol–water partition coefficient (Wildman–Crippen LogP) is 4.11. The van der Waals surface area contributed by atoms with Gasteiger partial charge in [-0.3, -0.25) is 9.89 Å². The van der Waals surface area contributed by atoms with E-state index in [2.05, 4.69) is 15.3 Å². The van der Waals surface area contributed by atoms with Gasteiger partial charge in [0.25, 0.3) is 0 Å². The minimum atomic E-state index is -0.883. The number of nitrogens with zero attached hydrogens (tertiary/aromatic N) is 3. The summed E-state index contributed by atoms with van der Waals surface area (Å²) < 4.78 is 44.1. The summed E-state index contributed by atoms with van der Waals surface area (Å²) in [7, 11) is 0. The number of rotatable bonds is 8. The standard InChI is InChI=1S/C22H30F2N4O4S/c1-14(2)31-22(29)28-15-6-17(7-16(28)11-30-10-15)32-21(9-23)27-13-25-12-26-20-5-4-18(33-3)8-19(20)24/h4-5,8,13-17,26H,6-7,9-12H2,1-3H3/b25-13-,27-21?. The minimum Gasteiger partial charge on any atom is -0.475 e. The van der Waals surface area contributed by atoms with Crippen molar-refractivity contribution >= 4 is 35.8 Å². The van der Waals surface area contributed by atoms with Crippen LogP contribution in [0.25, 0.3) is 0 Å². The normalized spacial score (nSPS) is 23.2. The van der Waals surface area contributed by atoms with Crippen LogP contribution in [-0.2, 0) is 14.2 Å². The summed E-state index contributed by atoms with van der Waals surface area (Å²) in [5, 5.41) is 2.84. The van der Waals surface area contributed by atoms with Crippen molar-refractivity contribution in [3.8, 4) is 0 Å². The molecule has 2 atom stereocenters. The van der Waals surface area contributed by atoms with Crippen LogP contribution >= 0.6 is 11.8 Å². The Hall–Kier alpha value is -2.40. The molecule has 2 saturated heterocycles. The molecule has 0 radical (unpaired) electrons. The Labute approximate surface area is 196 Å². The number of nitrogens with one attached hydrogen (secondary N) is 1. The highest BCUT2D eigenvalue weighted by Gasteiger charge is 2.43. The lowest BCUT2D eigenvalue weighted by Gasteiger charge is -2.47. The highest BCUT2D eigenvalue weighted by molar-refractivity contribution is 7.98. The fourth-order valence-electron chi connectivity index (χ4n) is 3.85. The van der Waals surface area contributed by atoms with Crippen LogP contribution in [0.1, 0.15) is 26.7 Å². The van der Waals surface area contributed by atoms with E-state index in [1.54, 1.807) is 30.9 Å². The number of piperidine rings is 1. The lowest BCUT2D eigenvalue weighted by Crippen LogP contribution is -2.60. The van der Waals surface area contributed by atoms with Gasteiger partial charge >= 0.3 is 6.09 Å². The van der Waals surface area contributed by atoms with E-state index in [1.807, 2.05) is 6.26 Å². The van der Waals surface area contributed by atoms with Crippen molar-refractivity contribution in [3.05, 3.63) is 24.0 Å². The maximum atomic E-state index is 14.0. The van der Waals surface area contributed by atoms with Crippen LogP contribution in [0.3, 0.4) is 0 Å². The topological polar surface area (TPSA) is 84.8 Å². The minimum absolute atomic E-state index is 0.0798. The van der Waals surface area contributed by atoms with Gasteiger partial charge in [0.05, 0.1) is 37.1 Å². The van der Waals surface area contributed by atoms with E-state index < -0.39 is 6.67 Å². The van der Waals surface area contributed by atoms with E-state index >= 15 is 0 Å². The zero-order valence-electron chi connectivity index (χ0n) is 19.0. The number of aliphatic imine (C=N–C) groups is 2. The SMILES string of the molecule is CSc1ccc(NC/N=C\N=C(CF)OC2CC3COCC(C2)N3C(=O)OC(C)C)c(F)c1. The van der Waals surface area contributed by atoms with Crippen LogP contribution in [0.15, 0.2) is 33.1 Å². The number of halogens is 2. The van der Waals surface area contributed by atoms with Crippen molar-refractivity contribution in [2.45, 2.75) is 55.9 Å². The molecular weight excluding hydrogens is 454 g/mol. The summed E-state index contributed by atoms with van der Waals surface area (Å²) in [6.07, 6.45) is 3.18. The highest BCUT2D eigenvalue weighted by Crippen LogP contribution is 2.30. The van der Waals surface area contributed by atoms with Crippen molar-refractivity contribution in [2.75, 3.05) is 38.1 Å². The molecule has 11 heteroatoms. The van der Waals surface area contributed by atoms with Crippen LogP contribution in [0, 0.1) is 5.82 Å². The second kappa shape index (κ2) is 12.2. The Morgan fingerprint density at radius 3 is 2.70 bits per heavy atom. The number of amides is 1. The largest absolute Gasteiger partial charge is 0.475 e. The van der Waals surface area contributed by atoms with Gasteiger partial charge in [0.2, 0.25) is 5.90 Å². The van der Waals surface area contributed by atoms with Crippen LogP contribution in [0.4, 0.5) is 19.3 Å². The Kier molecular flexibility index (Phi) is 9.30. The first-order valence-electron chi connectivity index (χ1n) is 10.8. The molecule has 1 N–H and O–H groups in total. The van der Waals surface area contributed by atoms with Gasteiger partial charge in [0.1, 0.15) is 24.9 Å². The number of thioether (sulfide) groups is 1. The van der Waals surface area contributed by atoms with E-state index in [1.165, 1.54) is 24.2 Å². The maximum Gasteiger partial charge on any atom is 0.410 e. The third kappa shape index (κ3) is 7.04. The number of hydrogen-bond donors (Lipinski definition) is 1. The molecular formula is C22H30F2N4O4S. The average molecular weight is 485 g/mol. The van der Waals surface area contributed by atoms with Gasteiger partial charge in [-0.1, -0.05) is 0 Å². The van der Waals surface area contributed by atoms with Gasteiger partial charge in [0, 0.05) is 17.7 Å².